The predicted molar refractivity (Wildman–Crippen MR) is 75.0 cm³/mol. The van der Waals surface area contributed by atoms with Gasteiger partial charge in [-0.05, 0) is 56.0 Å². The standard InChI is InChI=1S/C15H24N2O/c1-10-11(2)14(18-3)8-7-12(10)15(16)13-6-4-5-9-17-13/h7-8,13,15,17H,4-6,9,16H2,1-3H3. The first-order chi connectivity index (χ1) is 8.65. The zero-order valence-electron chi connectivity index (χ0n) is 11.6. The van der Waals surface area contributed by atoms with E-state index in [4.69, 9.17) is 10.5 Å². The highest BCUT2D eigenvalue weighted by Crippen LogP contribution is 2.29. The lowest BCUT2D eigenvalue weighted by Gasteiger charge is -2.30. The molecule has 3 heteroatoms. The second-order valence-electron chi connectivity index (χ2n) is 5.19. The van der Waals surface area contributed by atoms with Gasteiger partial charge < -0.3 is 15.8 Å². The molecule has 2 rings (SSSR count). The first-order valence-electron chi connectivity index (χ1n) is 6.78. The fourth-order valence-electron chi connectivity index (χ4n) is 2.80. The molecular weight excluding hydrogens is 224 g/mol. The van der Waals surface area contributed by atoms with E-state index in [9.17, 15) is 0 Å². The maximum Gasteiger partial charge on any atom is 0.122 e. The summed E-state index contributed by atoms with van der Waals surface area (Å²) < 4.78 is 5.35. The van der Waals surface area contributed by atoms with Crippen molar-refractivity contribution in [1.29, 1.82) is 0 Å². The van der Waals surface area contributed by atoms with Crippen molar-refractivity contribution in [3.63, 3.8) is 0 Å². The van der Waals surface area contributed by atoms with Crippen LogP contribution in [0.2, 0.25) is 0 Å². The third kappa shape index (κ3) is 2.52. The van der Waals surface area contributed by atoms with Crippen molar-refractivity contribution in [1.82, 2.24) is 5.32 Å². The largest absolute Gasteiger partial charge is 0.496 e. The normalized spacial score (nSPS) is 21.7. The van der Waals surface area contributed by atoms with E-state index in [0.717, 1.165) is 12.3 Å². The number of benzene rings is 1. The maximum absolute atomic E-state index is 6.43. The van der Waals surface area contributed by atoms with Gasteiger partial charge in [-0.2, -0.15) is 0 Å². The van der Waals surface area contributed by atoms with Gasteiger partial charge in [-0.1, -0.05) is 12.5 Å². The van der Waals surface area contributed by atoms with Crippen molar-refractivity contribution < 1.29 is 4.74 Å². The van der Waals surface area contributed by atoms with Crippen LogP contribution in [0.4, 0.5) is 0 Å². The Morgan fingerprint density at radius 3 is 2.67 bits per heavy atom. The number of piperidine rings is 1. The summed E-state index contributed by atoms with van der Waals surface area (Å²) >= 11 is 0. The Bertz CT molecular complexity index is 411. The number of hydrogen-bond acceptors (Lipinski definition) is 3. The van der Waals surface area contributed by atoms with Crippen LogP contribution in [0, 0.1) is 13.8 Å². The summed E-state index contributed by atoms with van der Waals surface area (Å²) in [5.74, 6) is 0.944. The van der Waals surface area contributed by atoms with Crippen LogP contribution in [0.3, 0.4) is 0 Å². The smallest absolute Gasteiger partial charge is 0.122 e. The molecule has 1 saturated heterocycles. The van der Waals surface area contributed by atoms with Crippen molar-refractivity contribution in [2.24, 2.45) is 5.73 Å². The molecule has 100 valence electrons. The molecule has 1 aliphatic rings. The van der Waals surface area contributed by atoms with Gasteiger partial charge in [0.25, 0.3) is 0 Å². The molecule has 3 N–H and O–H groups in total. The molecular formula is C15H24N2O. The van der Waals surface area contributed by atoms with Gasteiger partial charge in [-0.15, -0.1) is 0 Å². The summed E-state index contributed by atoms with van der Waals surface area (Å²) in [4.78, 5) is 0. The van der Waals surface area contributed by atoms with E-state index < -0.39 is 0 Å². The summed E-state index contributed by atoms with van der Waals surface area (Å²) in [6.45, 7) is 5.32. The first-order valence-corrected chi connectivity index (χ1v) is 6.78. The fourth-order valence-corrected chi connectivity index (χ4v) is 2.80. The molecule has 0 spiro atoms. The van der Waals surface area contributed by atoms with Crippen LogP contribution < -0.4 is 15.8 Å². The average molecular weight is 248 g/mol. The highest BCUT2D eigenvalue weighted by molar-refractivity contribution is 5.45. The minimum Gasteiger partial charge on any atom is -0.496 e. The molecule has 3 nitrogen and oxygen atoms in total. The molecule has 0 aromatic heterocycles. The van der Waals surface area contributed by atoms with Gasteiger partial charge in [0.05, 0.1) is 7.11 Å². The highest BCUT2D eigenvalue weighted by Gasteiger charge is 2.23. The fraction of sp³-hybridized carbons (Fsp3) is 0.600. The van der Waals surface area contributed by atoms with Crippen molar-refractivity contribution in [3.05, 3.63) is 28.8 Å². The zero-order valence-corrected chi connectivity index (χ0v) is 11.6. The third-order valence-electron chi connectivity index (χ3n) is 4.14. The Morgan fingerprint density at radius 1 is 1.28 bits per heavy atom. The number of nitrogens with two attached hydrogens (primary N) is 1. The third-order valence-corrected chi connectivity index (χ3v) is 4.14. The van der Waals surface area contributed by atoms with Gasteiger partial charge in [0.1, 0.15) is 5.75 Å². The summed E-state index contributed by atoms with van der Waals surface area (Å²) in [5, 5.41) is 3.54. The molecule has 0 aliphatic carbocycles. The zero-order chi connectivity index (χ0) is 13.1. The Kier molecular flexibility index (Phi) is 4.25. The van der Waals surface area contributed by atoms with Crippen LogP contribution in [0.15, 0.2) is 12.1 Å². The summed E-state index contributed by atoms with van der Waals surface area (Å²) in [7, 11) is 1.71. The van der Waals surface area contributed by atoms with Gasteiger partial charge in [-0.25, -0.2) is 0 Å². The van der Waals surface area contributed by atoms with Gasteiger partial charge in [0, 0.05) is 12.1 Å². The van der Waals surface area contributed by atoms with Crippen LogP contribution in [-0.4, -0.2) is 19.7 Å². The molecule has 0 bridgehead atoms. The first kappa shape index (κ1) is 13.4. The van der Waals surface area contributed by atoms with E-state index >= 15 is 0 Å². The van der Waals surface area contributed by atoms with Crippen molar-refractivity contribution in [3.8, 4) is 5.75 Å². The van der Waals surface area contributed by atoms with Gasteiger partial charge >= 0.3 is 0 Å². The highest BCUT2D eigenvalue weighted by atomic mass is 16.5. The quantitative estimate of drug-likeness (QED) is 0.864. The van der Waals surface area contributed by atoms with Gasteiger partial charge in [0.2, 0.25) is 0 Å². The predicted octanol–water partition coefficient (Wildman–Crippen LogP) is 2.45. The number of hydrogen-bond donors (Lipinski definition) is 2. The van der Waals surface area contributed by atoms with E-state index in [1.54, 1.807) is 7.11 Å². The molecule has 0 radical (unpaired) electrons. The second kappa shape index (κ2) is 5.72. The van der Waals surface area contributed by atoms with Crippen molar-refractivity contribution in [2.75, 3.05) is 13.7 Å². The van der Waals surface area contributed by atoms with Crippen LogP contribution in [-0.2, 0) is 0 Å². The van der Waals surface area contributed by atoms with E-state index in [-0.39, 0.29) is 6.04 Å². The minimum absolute atomic E-state index is 0.0786. The van der Waals surface area contributed by atoms with E-state index in [1.807, 2.05) is 6.07 Å². The molecule has 2 atom stereocenters. The monoisotopic (exact) mass is 248 g/mol. The number of rotatable bonds is 3. The lowest BCUT2D eigenvalue weighted by molar-refractivity contribution is 0.352. The van der Waals surface area contributed by atoms with Crippen LogP contribution >= 0.6 is 0 Å². The topological polar surface area (TPSA) is 47.3 Å². The Balaban J connectivity index is 2.24. The second-order valence-corrected chi connectivity index (χ2v) is 5.19. The number of ether oxygens (including phenoxy) is 1. The van der Waals surface area contributed by atoms with Gasteiger partial charge in [-0.3, -0.25) is 0 Å². The van der Waals surface area contributed by atoms with Crippen LogP contribution in [0.25, 0.3) is 0 Å². The molecule has 1 aromatic rings. The molecule has 0 saturated carbocycles. The lowest BCUT2D eigenvalue weighted by Crippen LogP contribution is -2.42. The van der Waals surface area contributed by atoms with Crippen molar-refractivity contribution in [2.45, 2.75) is 45.2 Å². The van der Waals surface area contributed by atoms with Gasteiger partial charge in [0.15, 0.2) is 0 Å². The van der Waals surface area contributed by atoms with E-state index in [2.05, 4.69) is 25.2 Å². The molecule has 1 aliphatic heterocycles. The summed E-state index contributed by atoms with van der Waals surface area (Å²) in [6.07, 6.45) is 3.72. The number of nitrogens with one attached hydrogen (secondary N) is 1. The summed E-state index contributed by atoms with van der Waals surface area (Å²) in [5.41, 5.74) is 10.1. The molecule has 1 aromatic carbocycles. The summed E-state index contributed by atoms with van der Waals surface area (Å²) in [6, 6.07) is 4.63. The Hall–Kier alpha value is -1.06. The molecule has 18 heavy (non-hydrogen) atoms. The Labute approximate surface area is 110 Å². The van der Waals surface area contributed by atoms with E-state index in [1.165, 1.54) is 36.0 Å². The van der Waals surface area contributed by atoms with Crippen LogP contribution in [0.5, 0.6) is 5.75 Å². The lowest BCUT2D eigenvalue weighted by atomic mass is 9.89. The maximum atomic E-state index is 6.43. The average Bonchev–Trinajstić information content (AvgIpc) is 2.42. The minimum atomic E-state index is 0.0786. The molecule has 0 amide bonds. The molecule has 1 fully saturated rings. The SMILES string of the molecule is COc1ccc(C(N)C2CCCCN2)c(C)c1C. The molecule has 1 heterocycles. The number of methoxy groups -OCH3 is 1. The molecule has 2 unspecified atom stereocenters. The van der Waals surface area contributed by atoms with Crippen molar-refractivity contribution >= 4 is 0 Å². The van der Waals surface area contributed by atoms with E-state index in [0.29, 0.717) is 6.04 Å². The van der Waals surface area contributed by atoms with Crippen LogP contribution in [0.1, 0.15) is 42.0 Å². The Morgan fingerprint density at radius 2 is 2.06 bits per heavy atom.